The van der Waals surface area contributed by atoms with E-state index in [1.807, 2.05) is 0 Å². The Morgan fingerprint density at radius 3 is 2.50 bits per heavy atom. The van der Waals surface area contributed by atoms with Crippen LogP contribution in [0.15, 0.2) is 0 Å². The second kappa shape index (κ2) is 2.28. The van der Waals surface area contributed by atoms with Crippen molar-refractivity contribution in [1.82, 2.24) is 4.90 Å². The van der Waals surface area contributed by atoms with Gasteiger partial charge < -0.3 is 9.64 Å². The molecular weight excluding hydrogens is 134 g/mol. The normalized spacial score (nSPS) is 22.2. The summed E-state index contributed by atoms with van der Waals surface area (Å²) in [4.78, 5) is 22.7. The lowest BCUT2D eigenvalue weighted by Gasteiger charge is -1.96. The number of esters is 1. The summed E-state index contributed by atoms with van der Waals surface area (Å²) in [6.45, 7) is 1.95. The largest absolute Gasteiger partial charge is 0.467 e. The topological polar surface area (TPSA) is 46.4 Å². The summed E-state index contributed by atoms with van der Waals surface area (Å²) in [7, 11) is 1.32. The van der Waals surface area contributed by atoms with E-state index in [-0.39, 0.29) is 17.9 Å². The zero-order valence-electron chi connectivity index (χ0n) is 5.96. The number of amides is 1. The van der Waals surface area contributed by atoms with Gasteiger partial charge in [0.05, 0.1) is 13.7 Å². The second-order valence-corrected chi connectivity index (χ2v) is 2.21. The summed E-state index contributed by atoms with van der Waals surface area (Å²) in [5.41, 5.74) is 0. The van der Waals surface area contributed by atoms with Crippen molar-refractivity contribution in [3.63, 3.8) is 0 Å². The third kappa shape index (κ3) is 1.10. The summed E-state index contributed by atoms with van der Waals surface area (Å²) in [6.07, 6.45) is 0. The van der Waals surface area contributed by atoms with E-state index in [1.54, 1.807) is 0 Å². The molecule has 0 unspecified atom stereocenters. The van der Waals surface area contributed by atoms with Crippen molar-refractivity contribution in [3.05, 3.63) is 0 Å². The Morgan fingerprint density at radius 2 is 2.20 bits per heavy atom. The first kappa shape index (κ1) is 7.05. The standard InChI is InChI=1S/C6H9NO3/c1-4(8)7-3-5(7)6(9)10-2/h5H,3H2,1-2H3/t5-,7?/m1/s1. The third-order valence-electron chi connectivity index (χ3n) is 1.49. The first-order valence-electron chi connectivity index (χ1n) is 3.02. The van der Waals surface area contributed by atoms with Crippen molar-refractivity contribution in [2.45, 2.75) is 13.0 Å². The zero-order chi connectivity index (χ0) is 7.72. The monoisotopic (exact) mass is 143 g/mol. The van der Waals surface area contributed by atoms with Gasteiger partial charge in [0.1, 0.15) is 6.04 Å². The van der Waals surface area contributed by atoms with E-state index in [4.69, 9.17) is 0 Å². The van der Waals surface area contributed by atoms with Crippen LogP contribution in [0, 0.1) is 0 Å². The molecule has 1 saturated heterocycles. The molecule has 10 heavy (non-hydrogen) atoms. The van der Waals surface area contributed by atoms with Gasteiger partial charge in [0.2, 0.25) is 5.91 Å². The van der Waals surface area contributed by atoms with Gasteiger partial charge in [0.15, 0.2) is 0 Å². The van der Waals surface area contributed by atoms with E-state index in [2.05, 4.69) is 4.74 Å². The van der Waals surface area contributed by atoms with Gasteiger partial charge in [-0.1, -0.05) is 0 Å². The number of hydrogen-bond donors (Lipinski definition) is 0. The molecule has 4 heteroatoms. The molecule has 1 heterocycles. The molecule has 1 amide bonds. The Balaban J connectivity index is 2.38. The van der Waals surface area contributed by atoms with Crippen LogP contribution in [-0.4, -0.2) is 36.5 Å². The highest BCUT2D eigenvalue weighted by molar-refractivity contribution is 5.88. The number of carbonyl (C=O) groups is 2. The van der Waals surface area contributed by atoms with Gasteiger partial charge in [0.25, 0.3) is 0 Å². The average molecular weight is 143 g/mol. The van der Waals surface area contributed by atoms with Crippen LogP contribution < -0.4 is 0 Å². The summed E-state index contributed by atoms with van der Waals surface area (Å²) in [5, 5.41) is 0. The fourth-order valence-electron chi connectivity index (χ4n) is 0.825. The Kier molecular flexibility index (Phi) is 1.61. The van der Waals surface area contributed by atoms with Crippen molar-refractivity contribution in [2.24, 2.45) is 0 Å². The Morgan fingerprint density at radius 1 is 1.60 bits per heavy atom. The minimum absolute atomic E-state index is 0.0737. The Bertz CT molecular complexity index is 178. The highest BCUT2D eigenvalue weighted by Gasteiger charge is 2.43. The first-order chi connectivity index (χ1) is 4.66. The predicted molar refractivity (Wildman–Crippen MR) is 33.2 cm³/mol. The fourth-order valence-corrected chi connectivity index (χ4v) is 0.825. The van der Waals surface area contributed by atoms with Gasteiger partial charge in [0, 0.05) is 6.92 Å². The molecule has 0 radical (unpaired) electrons. The molecule has 1 fully saturated rings. The second-order valence-electron chi connectivity index (χ2n) is 2.21. The van der Waals surface area contributed by atoms with Crippen molar-refractivity contribution < 1.29 is 14.3 Å². The maximum Gasteiger partial charge on any atom is 0.330 e. The molecule has 56 valence electrons. The van der Waals surface area contributed by atoms with E-state index in [0.29, 0.717) is 6.54 Å². The van der Waals surface area contributed by atoms with Crippen LogP contribution in [0.4, 0.5) is 0 Å². The van der Waals surface area contributed by atoms with Crippen LogP contribution in [0.25, 0.3) is 0 Å². The van der Waals surface area contributed by atoms with Gasteiger partial charge in [-0.2, -0.15) is 0 Å². The maximum atomic E-state index is 10.7. The summed E-state index contributed by atoms with van der Waals surface area (Å²) >= 11 is 0. The molecule has 1 aliphatic rings. The quantitative estimate of drug-likeness (QED) is 0.363. The van der Waals surface area contributed by atoms with Gasteiger partial charge in [-0.3, -0.25) is 4.79 Å². The highest BCUT2D eigenvalue weighted by atomic mass is 16.5. The van der Waals surface area contributed by atoms with Crippen LogP contribution in [-0.2, 0) is 14.3 Å². The van der Waals surface area contributed by atoms with E-state index >= 15 is 0 Å². The highest BCUT2D eigenvalue weighted by Crippen LogP contribution is 2.17. The number of carbonyl (C=O) groups excluding carboxylic acids is 2. The molecular formula is C6H9NO3. The van der Waals surface area contributed by atoms with Gasteiger partial charge in [-0.25, -0.2) is 4.79 Å². The molecule has 0 aromatic rings. The molecule has 1 atom stereocenters. The lowest BCUT2D eigenvalue weighted by atomic mass is 10.5. The maximum absolute atomic E-state index is 10.7. The van der Waals surface area contributed by atoms with Crippen molar-refractivity contribution >= 4 is 11.9 Å². The first-order valence-corrected chi connectivity index (χ1v) is 3.02. The molecule has 0 saturated carbocycles. The minimum Gasteiger partial charge on any atom is -0.467 e. The van der Waals surface area contributed by atoms with E-state index in [0.717, 1.165) is 0 Å². The molecule has 0 aliphatic carbocycles. The Labute approximate surface area is 58.8 Å². The number of ether oxygens (including phenoxy) is 1. The minimum atomic E-state index is -0.324. The van der Waals surface area contributed by atoms with Crippen molar-refractivity contribution in [2.75, 3.05) is 13.7 Å². The van der Waals surface area contributed by atoms with Crippen LogP contribution >= 0.6 is 0 Å². The fraction of sp³-hybridized carbons (Fsp3) is 0.667. The van der Waals surface area contributed by atoms with Gasteiger partial charge in [-0.15, -0.1) is 0 Å². The summed E-state index contributed by atoms with van der Waals surface area (Å²) in [6, 6.07) is -0.303. The van der Waals surface area contributed by atoms with Crippen molar-refractivity contribution in [3.8, 4) is 0 Å². The number of nitrogens with zero attached hydrogens (tertiary/aromatic N) is 1. The lowest BCUT2D eigenvalue weighted by Crippen LogP contribution is -2.17. The average Bonchev–Trinajstić information content (AvgIpc) is 2.64. The lowest BCUT2D eigenvalue weighted by molar-refractivity contribution is -0.142. The number of rotatable bonds is 1. The van der Waals surface area contributed by atoms with E-state index < -0.39 is 0 Å². The van der Waals surface area contributed by atoms with E-state index in [1.165, 1.54) is 18.9 Å². The van der Waals surface area contributed by atoms with Crippen LogP contribution in [0.3, 0.4) is 0 Å². The summed E-state index contributed by atoms with van der Waals surface area (Å²) in [5.74, 6) is -0.398. The predicted octanol–water partition coefficient (Wildman–Crippen LogP) is -0.610. The molecule has 1 rings (SSSR count). The smallest absolute Gasteiger partial charge is 0.330 e. The SMILES string of the molecule is COC(=O)[C@H]1CN1C(C)=O. The van der Waals surface area contributed by atoms with Crippen LogP contribution in [0.5, 0.6) is 0 Å². The third-order valence-corrected chi connectivity index (χ3v) is 1.49. The van der Waals surface area contributed by atoms with Gasteiger partial charge in [-0.05, 0) is 0 Å². The van der Waals surface area contributed by atoms with Crippen molar-refractivity contribution in [1.29, 1.82) is 0 Å². The molecule has 0 bridgehead atoms. The molecule has 0 aromatic carbocycles. The molecule has 0 N–H and O–H groups in total. The number of hydrogen-bond acceptors (Lipinski definition) is 3. The van der Waals surface area contributed by atoms with Crippen LogP contribution in [0.2, 0.25) is 0 Å². The summed E-state index contributed by atoms with van der Waals surface area (Å²) < 4.78 is 4.42. The van der Waals surface area contributed by atoms with E-state index in [9.17, 15) is 9.59 Å². The zero-order valence-corrected chi connectivity index (χ0v) is 5.96. The molecule has 0 aromatic heterocycles. The molecule has 4 nitrogen and oxygen atoms in total. The molecule has 0 spiro atoms. The van der Waals surface area contributed by atoms with Gasteiger partial charge >= 0.3 is 5.97 Å². The van der Waals surface area contributed by atoms with Crippen LogP contribution in [0.1, 0.15) is 6.92 Å². The molecule has 1 aliphatic heterocycles. The Hall–Kier alpha value is -1.06. The number of methoxy groups -OCH3 is 1.